The van der Waals surface area contributed by atoms with Gasteiger partial charge in [-0.25, -0.2) is 9.13 Å². The van der Waals surface area contributed by atoms with E-state index in [1.54, 1.807) is 0 Å². The van der Waals surface area contributed by atoms with Crippen molar-refractivity contribution in [2.24, 2.45) is 11.8 Å². The van der Waals surface area contributed by atoms with Crippen LogP contribution in [0.3, 0.4) is 0 Å². The van der Waals surface area contributed by atoms with Crippen molar-refractivity contribution in [3.8, 4) is 0 Å². The quantitative estimate of drug-likeness (QED) is 0.0222. The van der Waals surface area contributed by atoms with Gasteiger partial charge in [-0.15, -0.1) is 0 Å². The Labute approximate surface area is 537 Å². The molecule has 0 aliphatic rings. The molecule has 0 aromatic heterocycles. The van der Waals surface area contributed by atoms with Crippen molar-refractivity contribution in [3.63, 3.8) is 0 Å². The van der Waals surface area contributed by atoms with Crippen LogP contribution in [0.25, 0.3) is 0 Å². The average Bonchev–Trinajstić information content (AvgIpc) is 3.60. The van der Waals surface area contributed by atoms with Crippen molar-refractivity contribution >= 4 is 39.5 Å². The van der Waals surface area contributed by atoms with Crippen molar-refractivity contribution in [1.82, 2.24) is 0 Å². The lowest BCUT2D eigenvalue weighted by molar-refractivity contribution is -0.161. The molecule has 522 valence electrons. The number of phosphoric acid groups is 2. The number of unbranched alkanes of at least 4 members (excludes halogenated alkanes) is 38. The van der Waals surface area contributed by atoms with Crippen LogP contribution < -0.4 is 0 Å². The van der Waals surface area contributed by atoms with Crippen molar-refractivity contribution < 1.29 is 80.2 Å². The summed E-state index contributed by atoms with van der Waals surface area (Å²) in [5.41, 5.74) is 0. The monoisotopic (exact) mass is 1300 g/mol. The van der Waals surface area contributed by atoms with Gasteiger partial charge in [0.2, 0.25) is 0 Å². The Bertz CT molecular complexity index is 1720. The summed E-state index contributed by atoms with van der Waals surface area (Å²) in [7, 11) is -9.89. The van der Waals surface area contributed by atoms with Gasteiger partial charge >= 0.3 is 39.5 Å². The average molecular weight is 1300 g/mol. The van der Waals surface area contributed by atoms with E-state index in [-0.39, 0.29) is 25.7 Å². The molecule has 0 saturated carbocycles. The molecule has 0 rings (SSSR count). The first-order valence-electron chi connectivity index (χ1n) is 36.0. The van der Waals surface area contributed by atoms with Crippen LogP contribution in [0, 0.1) is 11.8 Å². The highest BCUT2D eigenvalue weighted by molar-refractivity contribution is 7.47. The highest BCUT2D eigenvalue weighted by Crippen LogP contribution is 2.45. The normalized spacial score (nSPS) is 14.2. The zero-order chi connectivity index (χ0) is 65.0. The molecule has 0 radical (unpaired) electrons. The topological polar surface area (TPSA) is 237 Å². The van der Waals surface area contributed by atoms with Gasteiger partial charge in [0.05, 0.1) is 26.4 Å². The van der Waals surface area contributed by atoms with Gasteiger partial charge in [-0.1, -0.05) is 298 Å². The second kappa shape index (κ2) is 61.3. The van der Waals surface area contributed by atoms with E-state index in [0.717, 1.165) is 95.8 Å². The van der Waals surface area contributed by atoms with E-state index in [0.29, 0.717) is 31.6 Å². The molecule has 3 N–H and O–H groups in total. The summed E-state index contributed by atoms with van der Waals surface area (Å²) in [5.74, 6) is -0.708. The number of hydrogen-bond donors (Lipinski definition) is 3. The summed E-state index contributed by atoms with van der Waals surface area (Å²) in [6.45, 7) is 9.42. The number of hydrogen-bond acceptors (Lipinski definition) is 15. The fourth-order valence-electron chi connectivity index (χ4n) is 10.4. The Kier molecular flexibility index (Phi) is 59.9. The lowest BCUT2D eigenvalue weighted by Gasteiger charge is -2.21. The van der Waals surface area contributed by atoms with E-state index in [1.807, 2.05) is 0 Å². The van der Waals surface area contributed by atoms with Gasteiger partial charge < -0.3 is 33.8 Å². The van der Waals surface area contributed by atoms with Gasteiger partial charge in [0.15, 0.2) is 12.2 Å². The molecule has 0 saturated heterocycles. The van der Waals surface area contributed by atoms with E-state index in [9.17, 15) is 43.2 Å². The lowest BCUT2D eigenvalue weighted by atomic mass is 10.0. The fourth-order valence-corrected chi connectivity index (χ4v) is 12.0. The van der Waals surface area contributed by atoms with Gasteiger partial charge in [-0.2, -0.15) is 0 Å². The summed E-state index contributed by atoms with van der Waals surface area (Å²) in [5, 5.41) is 10.6. The van der Waals surface area contributed by atoms with Gasteiger partial charge in [-0.3, -0.25) is 37.3 Å². The highest BCUT2D eigenvalue weighted by Gasteiger charge is 2.30. The van der Waals surface area contributed by atoms with Gasteiger partial charge in [0, 0.05) is 25.7 Å². The van der Waals surface area contributed by atoms with Crippen LogP contribution in [0.5, 0.6) is 0 Å². The Morgan fingerprint density at radius 2 is 0.523 bits per heavy atom. The number of aliphatic hydroxyl groups is 1. The molecule has 0 aliphatic heterocycles. The first-order valence-corrected chi connectivity index (χ1v) is 39.0. The summed E-state index contributed by atoms with van der Waals surface area (Å²) in [6.07, 6.45) is 46.0. The van der Waals surface area contributed by atoms with Crippen molar-refractivity contribution in [2.45, 2.75) is 368 Å². The lowest BCUT2D eigenvalue weighted by Crippen LogP contribution is -2.30. The second-order valence-corrected chi connectivity index (χ2v) is 28.8. The van der Waals surface area contributed by atoms with Crippen molar-refractivity contribution in [3.05, 3.63) is 0 Å². The minimum Gasteiger partial charge on any atom is -0.462 e. The van der Waals surface area contributed by atoms with Crippen LogP contribution in [-0.4, -0.2) is 96.7 Å². The summed E-state index contributed by atoms with van der Waals surface area (Å²) >= 11 is 0. The third-order valence-electron chi connectivity index (χ3n) is 16.0. The van der Waals surface area contributed by atoms with Gasteiger partial charge in [0.1, 0.15) is 19.3 Å². The summed E-state index contributed by atoms with van der Waals surface area (Å²) in [6, 6.07) is 0. The van der Waals surface area contributed by atoms with E-state index >= 15 is 0 Å². The van der Waals surface area contributed by atoms with Crippen LogP contribution in [0.2, 0.25) is 0 Å². The summed E-state index contributed by atoms with van der Waals surface area (Å²) in [4.78, 5) is 72.4. The molecule has 0 aromatic carbocycles. The molecule has 88 heavy (non-hydrogen) atoms. The van der Waals surface area contributed by atoms with Crippen LogP contribution in [0.1, 0.15) is 350 Å². The van der Waals surface area contributed by atoms with E-state index in [4.69, 9.17) is 37.0 Å². The molecular weight excluding hydrogens is 1160 g/mol. The molecular formula is C69H134O17P2. The van der Waals surface area contributed by atoms with Crippen LogP contribution >= 0.6 is 15.6 Å². The molecule has 0 aromatic rings. The van der Waals surface area contributed by atoms with Gasteiger partial charge in [0.25, 0.3) is 0 Å². The number of carbonyl (C=O) groups excluding carboxylic acids is 4. The standard InChI is InChI=1S/C69H134O17P2/c1-7-9-11-13-15-17-18-19-20-21-22-23-24-25-27-35-41-47-53-68(73)85-64(57-80-67(72)52-46-40-34-29-28-31-37-43-49-61(3)4)59-83-87(75,76)81-55-63(70)56-82-88(77,78)84-60-65(58-79-66(71)51-45-39-33-26-16-14-12-10-8-2)86-69(74)54-48-42-36-30-32-38-44-50-62(5)6/h61-65,70H,7-60H2,1-6H3,(H,75,76)(H,77,78)/t63-,64-,65-/m1/s1. The Morgan fingerprint density at radius 3 is 0.773 bits per heavy atom. The number of phosphoric ester groups is 2. The Balaban J connectivity index is 5.20. The maximum absolute atomic E-state index is 13.0. The molecule has 2 unspecified atom stereocenters. The number of carbonyl (C=O) groups is 4. The van der Waals surface area contributed by atoms with Gasteiger partial charge in [-0.05, 0) is 37.5 Å². The molecule has 0 spiro atoms. The molecule has 0 heterocycles. The fraction of sp³-hybridized carbons (Fsp3) is 0.942. The predicted molar refractivity (Wildman–Crippen MR) is 354 cm³/mol. The number of aliphatic hydroxyl groups excluding tert-OH is 1. The first-order chi connectivity index (χ1) is 42.4. The SMILES string of the molecule is CCCCCCCCCCCCCCCCCCCCC(=O)O[C@H](COC(=O)CCCCCCCCCCC(C)C)COP(=O)(O)OC[C@@H](O)COP(=O)(O)OC[C@@H](COC(=O)CCCCCCCCCCC)OC(=O)CCCCCCCCCC(C)C. The Hall–Kier alpha value is -1.94. The highest BCUT2D eigenvalue weighted by atomic mass is 31.2. The summed E-state index contributed by atoms with van der Waals surface area (Å²) < 4.78 is 68.2. The van der Waals surface area contributed by atoms with E-state index < -0.39 is 97.5 Å². The number of rotatable bonds is 68. The van der Waals surface area contributed by atoms with Crippen molar-refractivity contribution in [2.75, 3.05) is 39.6 Å². The minimum absolute atomic E-state index is 0.103. The van der Waals surface area contributed by atoms with Crippen LogP contribution in [-0.2, 0) is 65.4 Å². The maximum Gasteiger partial charge on any atom is 0.472 e. The zero-order valence-corrected chi connectivity index (χ0v) is 58.8. The van der Waals surface area contributed by atoms with Crippen molar-refractivity contribution in [1.29, 1.82) is 0 Å². The first kappa shape index (κ1) is 86.1. The Morgan fingerprint density at radius 1 is 0.307 bits per heavy atom. The number of ether oxygens (including phenoxy) is 4. The second-order valence-electron chi connectivity index (χ2n) is 25.9. The van der Waals surface area contributed by atoms with E-state index in [1.165, 1.54) is 167 Å². The zero-order valence-electron chi connectivity index (χ0n) is 57.0. The predicted octanol–water partition coefficient (Wildman–Crippen LogP) is 19.6. The minimum atomic E-state index is -4.95. The smallest absolute Gasteiger partial charge is 0.462 e. The van der Waals surface area contributed by atoms with Crippen LogP contribution in [0.4, 0.5) is 0 Å². The number of esters is 4. The molecule has 19 heteroatoms. The molecule has 0 bridgehead atoms. The maximum atomic E-state index is 13.0. The molecule has 0 aliphatic carbocycles. The largest absolute Gasteiger partial charge is 0.472 e. The molecule has 0 amide bonds. The third-order valence-corrected chi connectivity index (χ3v) is 17.9. The third kappa shape index (κ3) is 62.8. The molecule has 0 fully saturated rings. The molecule has 17 nitrogen and oxygen atoms in total. The van der Waals surface area contributed by atoms with E-state index in [2.05, 4.69) is 41.5 Å². The molecule has 5 atom stereocenters. The van der Waals surface area contributed by atoms with Crippen LogP contribution in [0.15, 0.2) is 0 Å².